The van der Waals surface area contributed by atoms with Crippen molar-refractivity contribution in [2.24, 2.45) is 0 Å². The molecule has 13 heteroatoms. The minimum absolute atomic E-state index is 0.135. The van der Waals surface area contributed by atoms with Crippen LogP contribution in [0.2, 0.25) is 0 Å². The summed E-state index contributed by atoms with van der Waals surface area (Å²) in [5.41, 5.74) is 1.02. The smallest absolute Gasteiger partial charge is 0.255 e. The molecule has 2 aliphatic heterocycles. The van der Waals surface area contributed by atoms with Crippen molar-refractivity contribution in [1.29, 1.82) is 0 Å². The van der Waals surface area contributed by atoms with Crippen molar-refractivity contribution in [3.05, 3.63) is 78.1 Å². The topological polar surface area (TPSA) is 146 Å². The Morgan fingerprint density at radius 2 is 0.932 bits per heavy atom. The summed E-state index contributed by atoms with van der Waals surface area (Å²) in [6, 6.07) is 13.1. The van der Waals surface area contributed by atoms with Gasteiger partial charge in [-0.2, -0.15) is 8.61 Å². The van der Waals surface area contributed by atoms with E-state index in [1.165, 1.54) is 75.6 Å². The highest BCUT2D eigenvalue weighted by Crippen LogP contribution is 2.25. The predicted octanol–water partition coefficient (Wildman–Crippen LogP) is 4.72. The van der Waals surface area contributed by atoms with Crippen LogP contribution in [0.25, 0.3) is 0 Å². The van der Waals surface area contributed by atoms with Gasteiger partial charge >= 0.3 is 0 Å². The summed E-state index contributed by atoms with van der Waals surface area (Å²) in [4.78, 5) is 30.4. The second-order valence-corrected chi connectivity index (χ2v) is 14.9. The van der Waals surface area contributed by atoms with E-state index in [0.29, 0.717) is 31.9 Å². The van der Waals surface area contributed by atoms with Crippen molar-refractivity contribution in [1.82, 2.24) is 13.6 Å². The molecule has 0 aliphatic carbocycles. The number of rotatable bonds is 8. The van der Waals surface area contributed by atoms with Gasteiger partial charge in [0.2, 0.25) is 20.0 Å². The molecule has 0 radical (unpaired) electrons. The molecular formula is C31H37N5O6S2. The molecule has 0 spiro atoms. The van der Waals surface area contributed by atoms with E-state index < -0.39 is 31.9 Å². The molecule has 0 bridgehead atoms. The number of carbonyl (C=O) groups is 2. The standard InChI is InChI=1S/C31H37N5O6S2/c37-30(24-9-13-26(14-10-24)43(39,40)35-19-5-1-2-6-20-35)33-28-17-18-32-23-29(28)34-31(38)25-11-15-27(16-12-25)44(41,42)36-21-7-3-4-8-22-36/h9-18,23H,1-8,19-22H2,(H,34,38)(H,32,33,37). The molecule has 2 N–H and O–H groups in total. The Hall–Kier alpha value is -3.65. The predicted molar refractivity (Wildman–Crippen MR) is 167 cm³/mol. The summed E-state index contributed by atoms with van der Waals surface area (Å²) in [5, 5.41) is 5.47. The molecule has 44 heavy (non-hydrogen) atoms. The molecule has 0 unspecified atom stereocenters. The fourth-order valence-electron chi connectivity index (χ4n) is 5.41. The molecule has 0 saturated carbocycles. The van der Waals surface area contributed by atoms with Crippen LogP contribution in [0, 0.1) is 0 Å². The normalized spacial score (nSPS) is 17.3. The van der Waals surface area contributed by atoms with Gasteiger partial charge in [-0.3, -0.25) is 14.6 Å². The zero-order chi connectivity index (χ0) is 31.2. The maximum absolute atomic E-state index is 13.1. The Bertz CT molecular complexity index is 1550. The van der Waals surface area contributed by atoms with Gasteiger partial charge in [0, 0.05) is 43.5 Å². The fraction of sp³-hybridized carbons (Fsp3) is 0.387. The molecular weight excluding hydrogens is 603 g/mol. The van der Waals surface area contributed by atoms with E-state index >= 15 is 0 Å². The Balaban J connectivity index is 1.24. The highest BCUT2D eigenvalue weighted by atomic mass is 32.2. The number of benzene rings is 2. The van der Waals surface area contributed by atoms with Crippen molar-refractivity contribution < 1.29 is 26.4 Å². The summed E-state index contributed by atoms with van der Waals surface area (Å²) in [5.74, 6) is -0.996. The minimum Gasteiger partial charge on any atom is -0.320 e. The second-order valence-electron chi connectivity index (χ2n) is 11.0. The average molecular weight is 640 g/mol. The molecule has 3 heterocycles. The summed E-state index contributed by atoms with van der Waals surface area (Å²) in [7, 11) is -7.28. The molecule has 2 aliphatic rings. The van der Waals surface area contributed by atoms with E-state index in [1.54, 1.807) is 0 Å². The number of hydrogen-bond acceptors (Lipinski definition) is 7. The van der Waals surface area contributed by atoms with E-state index in [4.69, 9.17) is 0 Å². The first-order valence-electron chi connectivity index (χ1n) is 14.9. The fourth-order valence-corrected chi connectivity index (χ4v) is 8.44. The lowest BCUT2D eigenvalue weighted by atomic mass is 10.2. The van der Waals surface area contributed by atoms with Gasteiger partial charge in [-0.15, -0.1) is 0 Å². The number of sulfonamides is 2. The van der Waals surface area contributed by atoms with Crippen LogP contribution in [0.1, 0.15) is 72.1 Å². The van der Waals surface area contributed by atoms with Crippen molar-refractivity contribution >= 4 is 43.2 Å². The molecule has 1 aromatic heterocycles. The lowest BCUT2D eigenvalue weighted by molar-refractivity contribution is 0.101. The highest BCUT2D eigenvalue weighted by Gasteiger charge is 2.27. The quantitative estimate of drug-likeness (QED) is 0.363. The zero-order valence-corrected chi connectivity index (χ0v) is 26.1. The van der Waals surface area contributed by atoms with E-state index in [2.05, 4.69) is 15.6 Å². The van der Waals surface area contributed by atoms with Gasteiger partial charge in [0.1, 0.15) is 0 Å². The van der Waals surface area contributed by atoms with Crippen LogP contribution in [0.15, 0.2) is 76.8 Å². The summed E-state index contributed by atoms with van der Waals surface area (Å²) < 4.78 is 55.3. The lowest BCUT2D eigenvalue weighted by Gasteiger charge is -2.20. The molecule has 3 aromatic rings. The summed E-state index contributed by atoms with van der Waals surface area (Å²) in [6.07, 6.45) is 10.2. The van der Waals surface area contributed by atoms with Crippen LogP contribution >= 0.6 is 0 Å². The SMILES string of the molecule is O=C(Nc1ccncc1NC(=O)c1ccc(S(=O)(=O)N2CCCCCC2)cc1)c1ccc(S(=O)(=O)N2CCCCCC2)cc1. The number of amides is 2. The third-order valence-corrected chi connectivity index (χ3v) is 11.8. The van der Waals surface area contributed by atoms with Gasteiger partial charge in [0.25, 0.3) is 11.8 Å². The van der Waals surface area contributed by atoms with E-state index in [-0.39, 0.29) is 26.6 Å². The van der Waals surface area contributed by atoms with E-state index in [1.807, 2.05) is 0 Å². The molecule has 2 aromatic carbocycles. The summed E-state index contributed by atoms with van der Waals surface area (Å²) in [6.45, 7) is 1.95. The van der Waals surface area contributed by atoms with Crippen LogP contribution in [0.5, 0.6) is 0 Å². The second kappa shape index (κ2) is 14.0. The Morgan fingerprint density at radius 3 is 1.34 bits per heavy atom. The van der Waals surface area contributed by atoms with Crippen molar-refractivity contribution in [3.63, 3.8) is 0 Å². The van der Waals surface area contributed by atoms with Crippen molar-refractivity contribution in [3.8, 4) is 0 Å². The first-order chi connectivity index (χ1) is 21.2. The van der Waals surface area contributed by atoms with Crippen LogP contribution in [0.3, 0.4) is 0 Å². The largest absolute Gasteiger partial charge is 0.320 e. The molecule has 234 valence electrons. The monoisotopic (exact) mass is 639 g/mol. The number of hydrogen-bond donors (Lipinski definition) is 2. The maximum Gasteiger partial charge on any atom is 0.255 e. The summed E-state index contributed by atoms with van der Waals surface area (Å²) >= 11 is 0. The first kappa shape index (κ1) is 31.8. The first-order valence-corrected chi connectivity index (χ1v) is 17.8. The maximum atomic E-state index is 13.1. The van der Waals surface area contributed by atoms with Gasteiger partial charge in [-0.1, -0.05) is 25.7 Å². The number of aromatic nitrogens is 1. The van der Waals surface area contributed by atoms with E-state index in [9.17, 15) is 26.4 Å². The molecule has 2 amide bonds. The number of pyridine rings is 1. The zero-order valence-electron chi connectivity index (χ0n) is 24.4. The van der Waals surface area contributed by atoms with Crippen LogP contribution < -0.4 is 10.6 Å². The van der Waals surface area contributed by atoms with Gasteiger partial charge in [-0.05, 0) is 80.3 Å². The number of nitrogens with one attached hydrogen (secondary N) is 2. The molecule has 2 fully saturated rings. The van der Waals surface area contributed by atoms with Gasteiger partial charge in [0.05, 0.1) is 27.4 Å². The van der Waals surface area contributed by atoms with Crippen LogP contribution in [-0.2, 0) is 20.0 Å². The van der Waals surface area contributed by atoms with Gasteiger partial charge < -0.3 is 10.6 Å². The van der Waals surface area contributed by atoms with Gasteiger partial charge in [-0.25, -0.2) is 16.8 Å². The van der Waals surface area contributed by atoms with Crippen molar-refractivity contribution in [2.75, 3.05) is 36.8 Å². The van der Waals surface area contributed by atoms with Crippen LogP contribution in [0.4, 0.5) is 11.4 Å². The van der Waals surface area contributed by atoms with E-state index in [0.717, 1.165) is 51.4 Å². The van der Waals surface area contributed by atoms with Crippen LogP contribution in [-0.4, -0.2) is 68.4 Å². The number of carbonyl (C=O) groups excluding carboxylic acids is 2. The minimum atomic E-state index is -3.64. The number of anilines is 2. The Labute approximate surface area is 258 Å². The highest BCUT2D eigenvalue weighted by molar-refractivity contribution is 7.89. The Kier molecular flexibility index (Phi) is 10.1. The molecule has 5 rings (SSSR count). The Morgan fingerprint density at radius 1 is 0.545 bits per heavy atom. The third-order valence-electron chi connectivity index (χ3n) is 7.96. The van der Waals surface area contributed by atoms with Gasteiger partial charge in [0.15, 0.2) is 0 Å². The third kappa shape index (κ3) is 7.34. The molecule has 11 nitrogen and oxygen atoms in total. The van der Waals surface area contributed by atoms with Crippen molar-refractivity contribution in [2.45, 2.75) is 61.2 Å². The lowest BCUT2D eigenvalue weighted by Crippen LogP contribution is -2.32. The molecule has 2 saturated heterocycles. The number of nitrogens with zero attached hydrogens (tertiary/aromatic N) is 3. The average Bonchev–Trinajstić information content (AvgIpc) is 3.49. The molecule has 0 atom stereocenters.